The largest absolute Gasteiger partial charge is 0.478 e. The van der Waals surface area contributed by atoms with E-state index in [9.17, 15) is 9.90 Å². The lowest BCUT2D eigenvalue weighted by Crippen LogP contribution is -2.23. The van der Waals surface area contributed by atoms with Crippen LogP contribution in [0.4, 0.5) is 0 Å². The predicted octanol–water partition coefficient (Wildman–Crippen LogP) is 2.68. The molecule has 1 heterocycles. The average molecular weight is 277 g/mol. The Morgan fingerprint density at radius 2 is 2.10 bits per heavy atom. The number of carboxylic acid groups (broad SMARTS) is 1. The van der Waals surface area contributed by atoms with Crippen molar-refractivity contribution >= 4 is 5.97 Å². The molecular formula is C18H15NO2. The van der Waals surface area contributed by atoms with Gasteiger partial charge in [-0.1, -0.05) is 30.2 Å². The third-order valence-electron chi connectivity index (χ3n) is 3.84. The molecule has 0 spiro atoms. The number of rotatable bonds is 2. The lowest BCUT2D eigenvalue weighted by atomic mass is 9.91. The van der Waals surface area contributed by atoms with Gasteiger partial charge in [-0.3, -0.25) is 0 Å². The van der Waals surface area contributed by atoms with Crippen molar-refractivity contribution in [2.75, 3.05) is 6.54 Å². The molecule has 3 rings (SSSR count). The second-order valence-electron chi connectivity index (χ2n) is 5.09. The highest BCUT2D eigenvalue weighted by Gasteiger charge is 2.15. The van der Waals surface area contributed by atoms with E-state index in [4.69, 9.17) is 6.42 Å². The van der Waals surface area contributed by atoms with Crippen LogP contribution in [0.2, 0.25) is 0 Å². The minimum Gasteiger partial charge on any atom is -0.478 e. The molecule has 1 aliphatic rings. The highest BCUT2D eigenvalue weighted by atomic mass is 16.4. The Bertz CT molecular complexity index is 756. The maximum atomic E-state index is 11.3. The zero-order chi connectivity index (χ0) is 14.8. The third kappa shape index (κ3) is 2.42. The lowest BCUT2D eigenvalue weighted by molar-refractivity contribution is 0.0696. The van der Waals surface area contributed by atoms with E-state index in [0.29, 0.717) is 5.56 Å². The van der Waals surface area contributed by atoms with Gasteiger partial charge in [-0.05, 0) is 47.4 Å². The smallest absolute Gasteiger partial charge is 0.336 e. The number of carboxylic acids is 1. The van der Waals surface area contributed by atoms with Gasteiger partial charge in [0.2, 0.25) is 0 Å². The number of nitrogens with one attached hydrogen (secondary N) is 1. The van der Waals surface area contributed by atoms with Crippen LogP contribution in [0.1, 0.15) is 27.0 Å². The van der Waals surface area contributed by atoms with E-state index in [1.807, 2.05) is 12.1 Å². The van der Waals surface area contributed by atoms with Crippen molar-refractivity contribution in [2.24, 2.45) is 0 Å². The van der Waals surface area contributed by atoms with Crippen molar-refractivity contribution in [1.29, 1.82) is 0 Å². The molecule has 0 bridgehead atoms. The van der Waals surface area contributed by atoms with E-state index in [1.54, 1.807) is 12.1 Å². The Hall–Kier alpha value is -2.57. The Labute approximate surface area is 123 Å². The summed E-state index contributed by atoms with van der Waals surface area (Å²) in [5.41, 5.74) is 4.97. The SMILES string of the molecule is C#Cc1c(C(=O)O)cccc1-c1ccc2c(c1)CNCC2. The Morgan fingerprint density at radius 3 is 2.86 bits per heavy atom. The number of aromatic carboxylic acids is 1. The van der Waals surface area contributed by atoms with Crippen LogP contribution in [0, 0.1) is 12.3 Å². The van der Waals surface area contributed by atoms with Crippen molar-refractivity contribution in [3.8, 4) is 23.5 Å². The number of hydrogen-bond donors (Lipinski definition) is 2. The molecule has 0 aromatic heterocycles. The molecule has 0 radical (unpaired) electrons. The maximum Gasteiger partial charge on any atom is 0.336 e. The fourth-order valence-corrected chi connectivity index (χ4v) is 2.77. The van der Waals surface area contributed by atoms with Gasteiger partial charge >= 0.3 is 5.97 Å². The first-order chi connectivity index (χ1) is 10.2. The molecule has 1 aliphatic heterocycles. The lowest BCUT2D eigenvalue weighted by Gasteiger charge is -2.18. The summed E-state index contributed by atoms with van der Waals surface area (Å²) < 4.78 is 0. The molecule has 3 heteroatoms. The third-order valence-corrected chi connectivity index (χ3v) is 3.84. The monoisotopic (exact) mass is 277 g/mol. The van der Waals surface area contributed by atoms with Crippen LogP contribution in [0.15, 0.2) is 36.4 Å². The fourth-order valence-electron chi connectivity index (χ4n) is 2.77. The molecule has 0 saturated carbocycles. The Morgan fingerprint density at radius 1 is 1.24 bits per heavy atom. The van der Waals surface area contributed by atoms with E-state index in [2.05, 4.69) is 23.4 Å². The summed E-state index contributed by atoms with van der Waals surface area (Å²) in [5, 5.41) is 12.6. The Kier molecular flexibility index (Phi) is 3.47. The van der Waals surface area contributed by atoms with Gasteiger partial charge in [-0.25, -0.2) is 4.79 Å². The first-order valence-corrected chi connectivity index (χ1v) is 6.86. The van der Waals surface area contributed by atoms with Gasteiger partial charge in [-0.15, -0.1) is 6.42 Å². The Balaban J connectivity index is 2.15. The van der Waals surface area contributed by atoms with Gasteiger partial charge in [0.15, 0.2) is 0 Å². The van der Waals surface area contributed by atoms with E-state index in [1.165, 1.54) is 11.1 Å². The van der Waals surface area contributed by atoms with Gasteiger partial charge in [0.05, 0.1) is 5.56 Å². The molecule has 0 unspecified atom stereocenters. The molecule has 21 heavy (non-hydrogen) atoms. The zero-order valence-electron chi connectivity index (χ0n) is 11.5. The van der Waals surface area contributed by atoms with Crippen molar-refractivity contribution < 1.29 is 9.90 Å². The first-order valence-electron chi connectivity index (χ1n) is 6.86. The van der Waals surface area contributed by atoms with E-state index < -0.39 is 5.97 Å². The van der Waals surface area contributed by atoms with Crippen LogP contribution < -0.4 is 5.32 Å². The maximum absolute atomic E-state index is 11.3. The second kappa shape index (κ2) is 5.43. The minimum atomic E-state index is -0.996. The highest BCUT2D eigenvalue weighted by Crippen LogP contribution is 2.28. The highest BCUT2D eigenvalue weighted by molar-refractivity contribution is 5.94. The standard InChI is InChI=1S/C18H15NO2/c1-2-15-16(4-3-5-17(15)18(20)21)13-7-6-12-8-9-19-11-14(12)10-13/h1,3-7,10,19H,8-9,11H2,(H,20,21). The summed E-state index contributed by atoms with van der Waals surface area (Å²) in [7, 11) is 0. The molecule has 0 atom stereocenters. The van der Waals surface area contributed by atoms with Crippen LogP contribution in [-0.2, 0) is 13.0 Å². The summed E-state index contributed by atoms with van der Waals surface area (Å²) >= 11 is 0. The van der Waals surface area contributed by atoms with E-state index in [-0.39, 0.29) is 5.56 Å². The van der Waals surface area contributed by atoms with Gasteiger partial charge < -0.3 is 10.4 Å². The van der Waals surface area contributed by atoms with Crippen molar-refractivity contribution in [1.82, 2.24) is 5.32 Å². The number of benzene rings is 2. The van der Waals surface area contributed by atoms with Gasteiger partial charge in [0.25, 0.3) is 0 Å². The van der Waals surface area contributed by atoms with Crippen LogP contribution in [0.5, 0.6) is 0 Å². The van der Waals surface area contributed by atoms with Gasteiger partial charge in [0, 0.05) is 12.1 Å². The molecule has 3 nitrogen and oxygen atoms in total. The molecule has 2 N–H and O–H groups in total. The molecule has 0 fully saturated rings. The van der Waals surface area contributed by atoms with Crippen molar-refractivity contribution in [2.45, 2.75) is 13.0 Å². The average Bonchev–Trinajstić information content (AvgIpc) is 2.53. The molecule has 0 saturated heterocycles. The number of carbonyl (C=O) groups is 1. The first kappa shape index (κ1) is 13.4. The van der Waals surface area contributed by atoms with Crippen LogP contribution >= 0.6 is 0 Å². The van der Waals surface area contributed by atoms with E-state index in [0.717, 1.165) is 30.6 Å². The molecule has 104 valence electrons. The number of fused-ring (bicyclic) bond motifs is 1. The quantitative estimate of drug-likeness (QED) is 0.830. The molecule has 2 aromatic rings. The van der Waals surface area contributed by atoms with Gasteiger partial charge in [-0.2, -0.15) is 0 Å². The topological polar surface area (TPSA) is 49.3 Å². The minimum absolute atomic E-state index is 0.172. The van der Waals surface area contributed by atoms with Crippen LogP contribution in [0.3, 0.4) is 0 Å². The van der Waals surface area contributed by atoms with Crippen molar-refractivity contribution in [3.63, 3.8) is 0 Å². The summed E-state index contributed by atoms with van der Waals surface area (Å²) in [6, 6.07) is 11.4. The number of hydrogen-bond acceptors (Lipinski definition) is 2. The summed E-state index contributed by atoms with van der Waals surface area (Å²) in [5.74, 6) is 1.53. The zero-order valence-corrected chi connectivity index (χ0v) is 11.5. The van der Waals surface area contributed by atoms with Crippen LogP contribution in [-0.4, -0.2) is 17.6 Å². The second-order valence-corrected chi connectivity index (χ2v) is 5.09. The van der Waals surface area contributed by atoms with E-state index >= 15 is 0 Å². The summed E-state index contributed by atoms with van der Waals surface area (Å²) in [4.78, 5) is 11.3. The van der Waals surface area contributed by atoms with Crippen LogP contribution in [0.25, 0.3) is 11.1 Å². The molecular weight excluding hydrogens is 262 g/mol. The molecule has 0 amide bonds. The summed E-state index contributed by atoms with van der Waals surface area (Å²) in [6.07, 6.45) is 6.56. The number of terminal acetylenes is 1. The molecule has 2 aromatic carbocycles. The fraction of sp³-hybridized carbons (Fsp3) is 0.167. The predicted molar refractivity (Wildman–Crippen MR) is 82.2 cm³/mol. The summed E-state index contributed by atoms with van der Waals surface area (Å²) in [6.45, 7) is 1.84. The van der Waals surface area contributed by atoms with Crippen molar-refractivity contribution in [3.05, 3.63) is 58.7 Å². The van der Waals surface area contributed by atoms with Gasteiger partial charge in [0.1, 0.15) is 0 Å². The molecule has 0 aliphatic carbocycles. The normalized spacial score (nSPS) is 13.3.